The Kier molecular flexibility index (Phi) is 5.35. The lowest BCUT2D eigenvalue weighted by Gasteiger charge is -2.37. The fraction of sp³-hybridized carbons (Fsp3) is 0.600. The molecule has 106 valence electrons. The third-order valence-electron chi connectivity index (χ3n) is 3.49. The van der Waals surface area contributed by atoms with Gasteiger partial charge in [0, 0.05) is 34.6 Å². The van der Waals surface area contributed by atoms with Crippen molar-refractivity contribution < 1.29 is 5.11 Å². The molecule has 1 aliphatic rings. The smallest absolute Gasteiger partial charge is 0.0813 e. The number of hydrogen-bond acceptors (Lipinski definition) is 3. The molecule has 4 heteroatoms. The molecule has 1 atom stereocenters. The third kappa shape index (κ3) is 4.48. The van der Waals surface area contributed by atoms with Crippen molar-refractivity contribution >= 4 is 27.7 Å². The lowest BCUT2D eigenvalue weighted by molar-refractivity contribution is 0.139. The van der Waals surface area contributed by atoms with Gasteiger partial charge < -0.3 is 10.0 Å². The zero-order valence-electron chi connectivity index (χ0n) is 11.6. The molecule has 1 aromatic rings. The molecule has 0 radical (unpaired) electrons. The fourth-order valence-electron chi connectivity index (χ4n) is 2.51. The van der Waals surface area contributed by atoms with Gasteiger partial charge in [0.05, 0.1) is 6.10 Å². The van der Waals surface area contributed by atoms with Gasteiger partial charge in [-0.3, -0.25) is 0 Å². The van der Waals surface area contributed by atoms with Crippen LogP contribution in [0.2, 0.25) is 0 Å². The van der Waals surface area contributed by atoms with E-state index in [4.69, 9.17) is 0 Å². The van der Waals surface area contributed by atoms with Crippen LogP contribution in [0.25, 0.3) is 0 Å². The highest BCUT2D eigenvalue weighted by atomic mass is 79.9. The van der Waals surface area contributed by atoms with Crippen molar-refractivity contribution in [3.05, 3.63) is 34.3 Å². The van der Waals surface area contributed by atoms with E-state index in [1.54, 1.807) is 0 Å². The summed E-state index contributed by atoms with van der Waals surface area (Å²) in [6.45, 7) is 7.81. The molecule has 0 bridgehead atoms. The van der Waals surface area contributed by atoms with Crippen molar-refractivity contribution in [1.82, 2.24) is 4.90 Å². The highest BCUT2D eigenvalue weighted by Crippen LogP contribution is 2.30. The van der Waals surface area contributed by atoms with Gasteiger partial charge in [0.25, 0.3) is 0 Å². The summed E-state index contributed by atoms with van der Waals surface area (Å²) in [7, 11) is 0. The summed E-state index contributed by atoms with van der Waals surface area (Å²) in [5.74, 6) is 1.19. The van der Waals surface area contributed by atoms with E-state index in [9.17, 15) is 5.11 Å². The van der Waals surface area contributed by atoms with Crippen LogP contribution in [0.3, 0.4) is 0 Å². The first-order valence-electron chi connectivity index (χ1n) is 6.77. The van der Waals surface area contributed by atoms with E-state index in [1.165, 1.54) is 5.75 Å². The molecule has 1 aromatic carbocycles. The molecule has 0 spiro atoms. The number of thioether (sulfide) groups is 1. The van der Waals surface area contributed by atoms with Crippen LogP contribution in [0, 0.1) is 0 Å². The number of benzene rings is 1. The molecule has 0 aromatic heterocycles. The van der Waals surface area contributed by atoms with Gasteiger partial charge in [-0.05, 0) is 31.9 Å². The molecular weight excluding hydrogens is 322 g/mol. The van der Waals surface area contributed by atoms with Crippen molar-refractivity contribution in [3.63, 3.8) is 0 Å². The summed E-state index contributed by atoms with van der Waals surface area (Å²) in [5, 5.41) is 10.3. The minimum absolute atomic E-state index is 0.344. The molecule has 1 fully saturated rings. The van der Waals surface area contributed by atoms with Gasteiger partial charge in [-0.2, -0.15) is 11.8 Å². The second kappa shape index (κ2) is 6.61. The Morgan fingerprint density at radius 1 is 1.42 bits per heavy atom. The number of halogens is 1. The van der Waals surface area contributed by atoms with Crippen LogP contribution in [0.1, 0.15) is 31.9 Å². The van der Waals surface area contributed by atoms with Crippen LogP contribution in [-0.4, -0.2) is 40.1 Å². The lowest BCUT2D eigenvalue weighted by atomic mass is 10.1. The Labute approximate surface area is 128 Å². The first-order chi connectivity index (χ1) is 8.98. The maximum Gasteiger partial charge on any atom is 0.0813 e. The second-order valence-electron chi connectivity index (χ2n) is 5.71. The highest BCUT2D eigenvalue weighted by Gasteiger charge is 2.27. The average Bonchev–Trinajstić information content (AvgIpc) is 2.35. The van der Waals surface area contributed by atoms with Gasteiger partial charge in [-0.1, -0.05) is 34.1 Å². The first kappa shape index (κ1) is 15.4. The zero-order valence-corrected chi connectivity index (χ0v) is 14.0. The summed E-state index contributed by atoms with van der Waals surface area (Å²) in [4.78, 5) is 2.47. The Balaban J connectivity index is 1.87. The van der Waals surface area contributed by atoms with Crippen LogP contribution in [0.15, 0.2) is 28.7 Å². The molecule has 1 aliphatic heterocycles. The van der Waals surface area contributed by atoms with E-state index in [0.29, 0.717) is 4.75 Å². The molecule has 1 saturated heterocycles. The lowest BCUT2D eigenvalue weighted by Crippen LogP contribution is -2.43. The standard InChI is InChI=1S/C15H22BrNOS/c1-15(2)11-17(9-10-19-15)8-7-14(18)12-5-3-4-6-13(12)16/h3-6,14,18H,7-11H2,1-2H3. The van der Waals surface area contributed by atoms with Crippen molar-refractivity contribution in [2.75, 3.05) is 25.4 Å². The molecule has 0 saturated carbocycles. The topological polar surface area (TPSA) is 23.5 Å². The minimum Gasteiger partial charge on any atom is -0.388 e. The zero-order chi connectivity index (χ0) is 13.9. The van der Waals surface area contributed by atoms with E-state index in [-0.39, 0.29) is 6.10 Å². The molecule has 1 N–H and O–H groups in total. The molecular formula is C15H22BrNOS. The summed E-state index contributed by atoms with van der Waals surface area (Å²) in [6.07, 6.45) is 0.414. The van der Waals surface area contributed by atoms with Crippen molar-refractivity contribution in [1.29, 1.82) is 0 Å². The van der Waals surface area contributed by atoms with Crippen LogP contribution in [-0.2, 0) is 0 Å². The van der Waals surface area contributed by atoms with Gasteiger partial charge in [0.2, 0.25) is 0 Å². The van der Waals surface area contributed by atoms with Crippen molar-refractivity contribution in [2.45, 2.75) is 31.1 Å². The van der Waals surface area contributed by atoms with E-state index >= 15 is 0 Å². The monoisotopic (exact) mass is 343 g/mol. The van der Waals surface area contributed by atoms with E-state index in [0.717, 1.165) is 36.1 Å². The molecule has 1 heterocycles. The van der Waals surface area contributed by atoms with Gasteiger partial charge in [0.1, 0.15) is 0 Å². The molecule has 2 nitrogen and oxygen atoms in total. The second-order valence-corrected chi connectivity index (χ2v) is 8.37. The van der Waals surface area contributed by atoms with Gasteiger partial charge in [0.15, 0.2) is 0 Å². The maximum atomic E-state index is 10.3. The fourth-order valence-corrected chi connectivity index (χ4v) is 4.24. The van der Waals surface area contributed by atoms with Gasteiger partial charge in [-0.15, -0.1) is 0 Å². The number of nitrogens with zero attached hydrogens (tertiary/aromatic N) is 1. The SMILES string of the molecule is CC1(C)CN(CCC(O)c2ccccc2Br)CCS1. The van der Waals surface area contributed by atoms with Crippen LogP contribution < -0.4 is 0 Å². The van der Waals surface area contributed by atoms with Crippen molar-refractivity contribution in [3.8, 4) is 0 Å². The Morgan fingerprint density at radius 2 is 2.16 bits per heavy atom. The van der Waals surface area contributed by atoms with Crippen LogP contribution in [0.4, 0.5) is 0 Å². The third-order valence-corrected chi connectivity index (χ3v) is 5.51. The van der Waals surface area contributed by atoms with E-state index in [1.807, 2.05) is 36.0 Å². The summed E-state index contributed by atoms with van der Waals surface area (Å²) < 4.78 is 1.34. The number of rotatable bonds is 4. The normalized spacial score (nSPS) is 21.3. The van der Waals surface area contributed by atoms with Gasteiger partial charge >= 0.3 is 0 Å². The molecule has 2 rings (SSSR count). The van der Waals surface area contributed by atoms with E-state index in [2.05, 4.69) is 34.7 Å². The number of aliphatic hydroxyl groups is 1. The molecule has 0 aliphatic carbocycles. The van der Waals surface area contributed by atoms with E-state index < -0.39 is 0 Å². The maximum absolute atomic E-state index is 10.3. The largest absolute Gasteiger partial charge is 0.388 e. The quantitative estimate of drug-likeness (QED) is 0.901. The van der Waals surface area contributed by atoms with Crippen molar-refractivity contribution in [2.24, 2.45) is 0 Å². The Bertz CT molecular complexity index is 424. The summed E-state index contributed by atoms with van der Waals surface area (Å²) >= 11 is 5.55. The van der Waals surface area contributed by atoms with Crippen LogP contribution in [0.5, 0.6) is 0 Å². The predicted molar refractivity (Wildman–Crippen MR) is 86.7 cm³/mol. The average molecular weight is 344 g/mol. The molecule has 0 amide bonds. The Morgan fingerprint density at radius 3 is 2.84 bits per heavy atom. The minimum atomic E-state index is -0.381. The predicted octanol–water partition coefficient (Wildman–Crippen LogP) is 3.70. The van der Waals surface area contributed by atoms with Crippen LogP contribution >= 0.6 is 27.7 Å². The summed E-state index contributed by atoms with van der Waals surface area (Å²) in [6, 6.07) is 7.93. The summed E-state index contributed by atoms with van der Waals surface area (Å²) in [5.41, 5.74) is 0.994. The molecule has 19 heavy (non-hydrogen) atoms. The highest BCUT2D eigenvalue weighted by molar-refractivity contribution is 9.10. The number of hydrogen-bond donors (Lipinski definition) is 1. The van der Waals surface area contributed by atoms with Gasteiger partial charge in [-0.25, -0.2) is 0 Å². The molecule has 1 unspecified atom stereocenters. The Hall–Kier alpha value is -0.0300. The number of aliphatic hydroxyl groups excluding tert-OH is 1. The first-order valence-corrected chi connectivity index (χ1v) is 8.55.